The molecule has 0 amide bonds. The molecule has 0 bridgehead atoms. The fourth-order valence-corrected chi connectivity index (χ4v) is 2.14. The maximum atomic E-state index is 3.39. The molecule has 1 aliphatic carbocycles. The van der Waals surface area contributed by atoms with Crippen LogP contribution in [0.1, 0.15) is 31.2 Å². The second-order valence-corrected chi connectivity index (χ2v) is 4.16. The molecule has 1 fully saturated rings. The standard InChI is InChI=1S/C13H19N/c1-2-14-9-8-12-10-13(12)11-6-4-3-5-7-11/h3-7,12-14H,2,8-10H2,1H3. The lowest BCUT2D eigenvalue weighted by atomic mass is 10.1. The Bertz CT molecular complexity index is 268. The predicted octanol–water partition coefficient (Wildman–Crippen LogP) is 2.79. The average molecular weight is 189 g/mol. The molecule has 1 heteroatoms. The van der Waals surface area contributed by atoms with Gasteiger partial charge in [-0.1, -0.05) is 37.3 Å². The molecule has 1 aromatic rings. The molecule has 1 aromatic carbocycles. The van der Waals surface area contributed by atoms with E-state index >= 15 is 0 Å². The van der Waals surface area contributed by atoms with E-state index in [1.54, 1.807) is 0 Å². The van der Waals surface area contributed by atoms with E-state index in [-0.39, 0.29) is 0 Å². The Morgan fingerprint density at radius 1 is 1.29 bits per heavy atom. The highest BCUT2D eigenvalue weighted by Gasteiger charge is 2.36. The molecule has 0 aromatic heterocycles. The van der Waals surface area contributed by atoms with Crippen molar-refractivity contribution in [2.45, 2.75) is 25.7 Å². The summed E-state index contributed by atoms with van der Waals surface area (Å²) in [5, 5.41) is 3.39. The van der Waals surface area contributed by atoms with Gasteiger partial charge in [-0.15, -0.1) is 0 Å². The van der Waals surface area contributed by atoms with Crippen molar-refractivity contribution in [3.8, 4) is 0 Å². The first-order valence-corrected chi connectivity index (χ1v) is 5.67. The molecule has 2 rings (SSSR count). The first-order valence-electron chi connectivity index (χ1n) is 5.67. The van der Waals surface area contributed by atoms with E-state index in [1.165, 1.54) is 24.9 Å². The minimum atomic E-state index is 0.856. The number of rotatable bonds is 5. The molecule has 1 nitrogen and oxygen atoms in total. The molecule has 0 saturated heterocycles. The summed E-state index contributed by atoms with van der Waals surface area (Å²) in [5.74, 6) is 1.80. The summed E-state index contributed by atoms with van der Waals surface area (Å²) in [6.07, 6.45) is 2.74. The predicted molar refractivity (Wildman–Crippen MR) is 60.5 cm³/mol. The van der Waals surface area contributed by atoms with Crippen molar-refractivity contribution in [1.29, 1.82) is 0 Å². The zero-order valence-electron chi connectivity index (χ0n) is 8.87. The third kappa shape index (κ3) is 2.36. The highest BCUT2D eigenvalue weighted by atomic mass is 14.8. The first kappa shape index (κ1) is 9.72. The minimum Gasteiger partial charge on any atom is -0.317 e. The molecule has 1 N–H and O–H groups in total. The van der Waals surface area contributed by atoms with Crippen molar-refractivity contribution in [2.24, 2.45) is 5.92 Å². The van der Waals surface area contributed by atoms with Crippen molar-refractivity contribution in [3.63, 3.8) is 0 Å². The van der Waals surface area contributed by atoms with Crippen LogP contribution in [0.2, 0.25) is 0 Å². The number of hydrogen-bond donors (Lipinski definition) is 1. The lowest BCUT2D eigenvalue weighted by Gasteiger charge is -2.01. The summed E-state index contributed by atoms with van der Waals surface area (Å²) in [6, 6.07) is 10.9. The van der Waals surface area contributed by atoms with Crippen molar-refractivity contribution >= 4 is 0 Å². The summed E-state index contributed by atoms with van der Waals surface area (Å²) in [7, 11) is 0. The Balaban J connectivity index is 1.76. The van der Waals surface area contributed by atoms with Gasteiger partial charge in [-0.3, -0.25) is 0 Å². The van der Waals surface area contributed by atoms with Crippen LogP contribution in [-0.2, 0) is 0 Å². The van der Waals surface area contributed by atoms with E-state index in [4.69, 9.17) is 0 Å². The summed E-state index contributed by atoms with van der Waals surface area (Å²) in [4.78, 5) is 0. The fourth-order valence-electron chi connectivity index (χ4n) is 2.14. The smallest absolute Gasteiger partial charge is 0.00462 e. The second-order valence-electron chi connectivity index (χ2n) is 4.16. The van der Waals surface area contributed by atoms with Crippen molar-refractivity contribution < 1.29 is 0 Å². The SMILES string of the molecule is CCNCCC1CC1c1ccccc1. The maximum absolute atomic E-state index is 3.39. The van der Waals surface area contributed by atoms with Gasteiger partial charge in [-0.2, -0.15) is 0 Å². The van der Waals surface area contributed by atoms with Crippen LogP contribution in [0.4, 0.5) is 0 Å². The van der Waals surface area contributed by atoms with Gasteiger partial charge in [0.05, 0.1) is 0 Å². The Hall–Kier alpha value is -0.820. The van der Waals surface area contributed by atoms with Gasteiger partial charge >= 0.3 is 0 Å². The van der Waals surface area contributed by atoms with Crippen LogP contribution < -0.4 is 5.32 Å². The molecule has 14 heavy (non-hydrogen) atoms. The second kappa shape index (κ2) is 4.61. The number of hydrogen-bond acceptors (Lipinski definition) is 1. The topological polar surface area (TPSA) is 12.0 Å². The van der Waals surface area contributed by atoms with Crippen LogP contribution in [0, 0.1) is 5.92 Å². The molecule has 1 saturated carbocycles. The summed E-state index contributed by atoms with van der Waals surface area (Å²) in [6.45, 7) is 4.45. The molecule has 1 aliphatic rings. The Labute approximate surface area is 86.5 Å². The normalized spacial score (nSPS) is 24.9. The highest BCUT2D eigenvalue weighted by molar-refractivity contribution is 5.25. The maximum Gasteiger partial charge on any atom is -0.00462 e. The van der Waals surface area contributed by atoms with Crippen LogP contribution in [0.5, 0.6) is 0 Å². The number of nitrogens with one attached hydrogen (secondary N) is 1. The van der Waals surface area contributed by atoms with E-state index in [9.17, 15) is 0 Å². The third-order valence-electron chi connectivity index (χ3n) is 3.09. The fraction of sp³-hybridized carbons (Fsp3) is 0.538. The molecular formula is C13H19N. The average Bonchev–Trinajstić information content (AvgIpc) is 2.99. The Morgan fingerprint density at radius 2 is 2.07 bits per heavy atom. The number of benzene rings is 1. The molecule has 0 aliphatic heterocycles. The van der Waals surface area contributed by atoms with Gasteiger partial charge in [0.1, 0.15) is 0 Å². The molecule has 2 atom stereocenters. The molecule has 0 radical (unpaired) electrons. The summed E-state index contributed by atoms with van der Waals surface area (Å²) in [5.41, 5.74) is 1.54. The summed E-state index contributed by atoms with van der Waals surface area (Å²) < 4.78 is 0. The van der Waals surface area contributed by atoms with Crippen LogP contribution in [0.15, 0.2) is 30.3 Å². The van der Waals surface area contributed by atoms with Gasteiger partial charge in [0.2, 0.25) is 0 Å². The Kier molecular flexibility index (Phi) is 3.20. The molecular weight excluding hydrogens is 170 g/mol. The van der Waals surface area contributed by atoms with E-state index in [2.05, 4.69) is 42.6 Å². The van der Waals surface area contributed by atoms with Crippen molar-refractivity contribution in [3.05, 3.63) is 35.9 Å². The molecule has 0 heterocycles. The lowest BCUT2D eigenvalue weighted by molar-refractivity contribution is 0.620. The van der Waals surface area contributed by atoms with Gasteiger partial charge in [-0.25, -0.2) is 0 Å². The van der Waals surface area contributed by atoms with Crippen LogP contribution in [0.3, 0.4) is 0 Å². The van der Waals surface area contributed by atoms with Crippen LogP contribution in [-0.4, -0.2) is 13.1 Å². The van der Waals surface area contributed by atoms with Gasteiger partial charge in [0.25, 0.3) is 0 Å². The van der Waals surface area contributed by atoms with E-state index in [0.29, 0.717) is 0 Å². The first-order chi connectivity index (χ1) is 6.92. The largest absolute Gasteiger partial charge is 0.317 e. The van der Waals surface area contributed by atoms with E-state index in [1.807, 2.05) is 0 Å². The molecule has 0 spiro atoms. The quantitative estimate of drug-likeness (QED) is 0.702. The summed E-state index contributed by atoms with van der Waals surface area (Å²) >= 11 is 0. The van der Waals surface area contributed by atoms with Gasteiger partial charge < -0.3 is 5.32 Å². The zero-order chi connectivity index (χ0) is 9.80. The lowest BCUT2D eigenvalue weighted by Crippen LogP contribution is -2.14. The van der Waals surface area contributed by atoms with Crippen LogP contribution in [0.25, 0.3) is 0 Å². The van der Waals surface area contributed by atoms with Crippen molar-refractivity contribution in [2.75, 3.05) is 13.1 Å². The monoisotopic (exact) mass is 189 g/mol. The molecule has 2 unspecified atom stereocenters. The van der Waals surface area contributed by atoms with Crippen LogP contribution >= 0.6 is 0 Å². The third-order valence-corrected chi connectivity index (χ3v) is 3.09. The Morgan fingerprint density at radius 3 is 2.79 bits per heavy atom. The van der Waals surface area contributed by atoms with Gasteiger partial charge in [-0.05, 0) is 43.3 Å². The van der Waals surface area contributed by atoms with E-state index < -0.39 is 0 Å². The van der Waals surface area contributed by atoms with Gasteiger partial charge in [0, 0.05) is 0 Å². The molecule has 76 valence electrons. The highest BCUT2D eigenvalue weighted by Crippen LogP contribution is 2.49. The van der Waals surface area contributed by atoms with Gasteiger partial charge in [0.15, 0.2) is 0 Å². The van der Waals surface area contributed by atoms with Crippen molar-refractivity contribution in [1.82, 2.24) is 5.32 Å². The minimum absolute atomic E-state index is 0.856. The van der Waals surface area contributed by atoms with E-state index in [0.717, 1.165) is 18.4 Å². The zero-order valence-corrected chi connectivity index (χ0v) is 8.87.